The number of alkyl halides is 3. The predicted octanol–water partition coefficient (Wildman–Crippen LogP) is 6.86. The number of fused-ring (bicyclic) bond motifs is 2. The minimum Gasteiger partial charge on any atom is -0.491 e. The van der Waals surface area contributed by atoms with Gasteiger partial charge in [0, 0.05) is 31.2 Å². The molecule has 0 spiro atoms. The summed E-state index contributed by atoms with van der Waals surface area (Å²) in [5.41, 5.74) is 2.22. The number of hydrogen-bond donors (Lipinski definition) is 1. The summed E-state index contributed by atoms with van der Waals surface area (Å²) in [7, 11) is 1.85. The third-order valence-electron chi connectivity index (χ3n) is 4.99. The topological polar surface area (TPSA) is 78.3 Å². The Morgan fingerprint density at radius 3 is 2.42 bits per heavy atom. The molecule has 2 aromatic carbocycles. The molecule has 3 heterocycles. The van der Waals surface area contributed by atoms with Crippen molar-refractivity contribution in [3.8, 4) is 11.5 Å². The van der Waals surface area contributed by atoms with Gasteiger partial charge in [0.25, 0.3) is 5.91 Å². The molecule has 10 heteroatoms. The van der Waals surface area contributed by atoms with E-state index in [1.165, 1.54) is 24.3 Å². The maximum absolute atomic E-state index is 12.7. The molecule has 7 nitrogen and oxygen atoms in total. The number of pyridine rings is 1. The van der Waals surface area contributed by atoms with E-state index in [2.05, 4.69) is 20.1 Å². The number of hydrogen-bond acceptors (Lipinski definition) is 5. The number of carbonyl (C=O) groups excluding carboxylic acids is 1. The van der Waals surface area contributed by atoms with E-state index in [1.807, 2.05) is 71.3 Å². The molecular formula is C28H33F3N4O3. The van der Waals surface area contributed by atoms with Gasteiger partial charge in [-0.25, -0.2) is 0 Å². The number of rotatable bonds is 3. The Morgan fingerprint density at radius 2 is 1.74 bits per heavy atom. The van der Waals surface area contributed by atoms with Crippen LogP contribution in [0.5, 0.6) is 11.5 Å². The first-order valence-electron chi connectivity index (χ1n) is 12.4. The summed E-state index contributed by atoms with van der Waals surface area (Å²) in [5.74, 6) is 0.427. The summed E-state index contributed by atoms with van der Waals surface area (Å²) < 4.78 is 45.5. The van der Waals surface area contributed by atoms with Gasteiger partial charge in [-0.05, 0) is 36.4 Å². The van der Waals surface area contributed by atoms with E-state index >= 15 is 0 Å². The number of nitrogens with zero attached hydrogens (tertiary/aromatic N) is 3. The fraction of sp³-hybridized carbons (Fsp3) is 0.321. The second kappa shape index (κ2) is 14.6. The van der Waals surface area contributed by atoms with Gasteiger partial charge in [-0.1, -0.05) is 52.0 Å². The van der Waals surface area contributed by atoms with Gasteiger partial charge in [-0.3, -0.25) is 14.5 Å². The van der Waals surface area contributed by atoms with Gasteiger partial charge in [-0.15, -0.1) is 13.2 Å². The second-order valence-corrected chi connectivity index (χ2v) is 7.45. The molecule has 1 N–H and O–H groups in total. The van der Waals surface area contributed by atoms with Gasteiger partial charge in [0.05, 0.1) is 23.7 Å². The van der Waals surface area contributed by atoms with Crippen molar-refractivity contribution in [3.05, 3.63) is 84.3 Å². The van der Waals surface area contributed by atoms with Crippen molar-refractivity contribution in [2.24, 2.45) is 7.05 Å². The molecule has 1 aliphatic rings. The molecule has 0 radical (unpaired) electrons. The van der Waals surface area contributed by atoms with Crippen molar-refractivity contribution in [3.63, 3.8) is 0 Å². The predicted molar refractivity (Wildman–Crippen MR) is 141 cm³/mol. The van der Waals surface area contributed by atoms with Crippen LogP contribution in [-0.4, -0.2) is 33.6 Å². The standard InChI is InChI=1S/C17H16N4O2.C7H5F3O.2C2H6/c1-21-10-12-11(4-2-5-13(12)20-21)17(22)19-14-7-9-23-15-6-3-8-18-16(14)15;8-7(9,10)11-6-4-2-1-3-5-6;2*1-2/h2-6,8,10,14H,7,9H2,1H3,(H,19,22);1-5H;2*1-2H3. The highest BCUT2D eigenvalue weighted by Crippen LogP contribution is 2.30. The minimum absolute atomic E-state index is 0.118. The molecule has 1 aliphatic heterocycles. The lowest BCUT2D eigenvalue weighted by molar-refractivity contribution is -0.274. The van der Waals surface area contributed by atoms with Crippen molar-refractivity contribution in [1.82, 2.24) is 20.1 Å². The van der Waals surface area contributed by atoms with Crippen LogP contribution >= 0.6 is 0 Å². The van der Waals surface area contributed by atoms with E-state index < -0.39 is 6.36 Å². The zero-order valence-electron chi connectivity index (χ0n) is 22.1. The summed E-state index contributed by atoms with van der Waals surface area (Å²) in [5, 5.41) is 8.27. The number of carbonyl (C=O) groups is 1. The zero-order chi connectivity index (χ0) is 28.1. The summed E-state index contributed by atoms with van der Waals surface area (Å²) >= 11 is 0. The molecule has 0 aliphatic carbocycles. The highest BCUT2D eigenvalue weighted by atomic mass is 19.4. The van der Waals surface area contributed by atoms with Crippen LogP contribution in [0.15, 0.2) is 73.1 Å². The first-order valence-corrected chi connectivity index (χ1v) is 12.4. The summed E-state index contributed by atoms with van der Waals surface area (Å²) in [6, 6.07) is 16.2. The normalized spacial score (nSPS) is 13.6. The fourth-order valence-corrected chi connectivity index (χ4v) is 3.57. The van der Waals surface area contributed by atoms with Crippen LogP contribution in [0, 0.1) is 0 Å². The van der Waals surface area contributed by atoms with E-state index in [4.69, 9.17) is 4.74 Å². The molecule has 0 bridgehead atoms. The quantitative estimate of drug-likeness (QED) is 0.313. The van der Waals surface area contributed by atoms with E-state index in [1.54, 1.807) is 16.9 Å². The largest absolute Gasteiger partial charge is 0.573 e. The lowest BCUT2D eigenvalue weighted by atomic mass is 10.0. The van der Waals surface area contributed by atoms with Crippen molar-refractivity contribution in [2.45, 2.75) is 46.5 Å². The van der Waals surface area contributed by atoms with E-state index in [0.29, 0.717) is 18.6 Å². The third-order valence-corrected chi connectivity index (χ3v) is 4.99. The van der Waals surface area contributed by atoms with Crippen LogP contribution < -0.4 is 14.8 Å². The Hall–Kier alpha value is -4.08. The monoisotopic (exact) mass is 530 g/mol. The lowest BCUT2D eigenvalue weighted by Gasteiger charge is -2.25. The smallest absolute Gasteiger partial charge is 0.491 e. The number of amides is 1. The number of para-hydroxylation sites is 1. The van der Waals surface area contributed by atoms with Crippen LogP contribution in [0.4, 0.5) is 13.2 Å². The molecule has 0 saturated carbocycles. The zero-order valence-corrected chi connectivity index (χ0v) is 22.1. The fourth-order valence-electron chi connectivity index (χ4n) is 3.57. The van der Waals surface area contributed by atoms with E-state index in [-0.39, 0.29) is 17.7 Å². The van der Waals surface area contributed by atoms with Crippen molar-refractivity contribution in [1.29, 1.82) is 0 Å². The van der Waals surface area contributed by atoms with Crippen LogP contribution in [-0.2, 0) is 7.05 Å². The van der Waals surface area contributed by atoms with Crippen molar-refractivity contribution < 1.29 is 27.4 Å². The molecule has 2 aromatic heterocycles. The van der Waals surface area contributed by atoms with Gasteiger partial charge in [-0.2, -0.15) is 5.10 Å². The highest BCUT2D eigenvalue weighted by molar-refractivity contribution is 6.06. The molecule has 1 unspecified atom stereocenters. The van der Waals surface area contributed by atoms with Gasteiger partial charge in [0.15, 0.2) is 0 Å². The second-order valence-electron chi connectivity index (χ2n) is 7.45. The van der Waals surface area contributed by atoms with E-state index in [9.17, 15) is 18.0 Å². The molecule has 1 atom stereocenters. The summed E-state index contributed by atoms with van der Waals surface area (Å²) in [6.45, 7) is 8.57. The van der Waals surface area contributed by atoms with Crippen LogP contribution in [0.3, 0.4) is 0 Å². The molecule has 0 fully saturated rings. The van der Waals surface area contributed by atoms with Gasteiger partial charge in [0.1, 0.15) is 17.2 Å². The first kappa shape index (κ1) is 30.1. The Morgan fingerprint density at radius 1 is 1.03 bits per heavy atom. The van der Waals surface area contributed by atoms with Gasteiger partial charge in [0.2, 0.25) is 0 Å². The summed E-state index contributed by atoms with van der Waals surface area (Å²) in [4.78, 5) is 17.1. The minimum atomic E-state index is -4.60. The third kappa shape index (κ3) is 8.50. The molecule has 5 rings (SSSR count). The van der Waals surface area contributed by atoms with Gasteiger partial charge < -0.3 is 14.8 Å². The first-order chi connectivity index (χ1) is 18.3. The number of halogens is 3. The molecule has 4 aromatic rings. The number of aryl methyl sites for hydroxylation is 1. The molecule has 38 heavy (non-hydrogen) atoms. The Kier molecular flexibility index (Phi) is 11.6. The number of nitrogens with one attached hydrogen (secondary N) is 1. The van der Waals surface area contributed by atoms with Crippen molar-refractivity contribution in [2.75, 3.05) is 6.61 Å². The Balaban J connectivity index is 0.000000286. The number of aromatic nitrogens is 3. The van der Waals surface area contributed by atoms with E-state index in [0.717, 1.165) is 22.3 Å². The summed E-state index contributed by atoms with van der Waals surface area (Å²) in [6.07, 6.45) is -0.310. The highest BCUT2D eigenvalue weighted by Gasteiger charge is 2.30. The molecule has 1 amide bonds. The average molecular weight is 531 g/mol. The number of benzene rings is 2. The maximum atomic E-state index is 12.7. The maximum Gasteiger partial charge on any atom is 0.573 e. The molecule has 204 valence electrons. The Bertz CT molecular complexity index is 1280. The molecular weight excluding hydrogens is 497 g/mol. The van der Waals surface area contributed by atoms with Crippen molar-refractivity contribution >= 4 is 16.8 Å². The lowest BCUT2D eigenvalue weighted by Crippen LogP contribution is -2.32. The SMILES string of the molecule is CC.CC.Cn1cc2c(C(=O)NC3CCOc4cccnc43)cccc2n1.FC(F)(F)Oc1ccccc1. The van der Waals surface area contributed by atoms with Crippen LogP contribution in [0.2, 0.25) is 0 Å². The van der Waals surface area contributed by atoms with Gasteiger partial charge >= 0.3 is 6.36 Å². The number of ether oxygens (including phenoxy) is 2. The molecule has 0 saturated heterocycles. The van der Waals surface area contributed by atoms with Crippen LogP contribution in [0.1, 0.15) is 56.2 Å². The average Bonchev–Trinajstić information content (AvgIpc) is 3.31. The van der Waals surface area contributed by atoms with Crippen LogP contribution in [0.25, 0.3) is 10.9 Å². The Labute approximate surface area is 220 Å².